The van der Waals surface area contributed by atoms with Crippen LogP contribution in [0.25, 0.3) is 0 Å². The second-order valence-electron chi connectivity index (χ2n) is 7.56. The fraction of sp³-hybridized carbons (Fsp3) is 0.833. The van der Waals surface area contributed by atoms with Crippen LogP contribution in [0.3, 0.4) is 0 Å². The van der Waals surface area contributed by atoms with E-state index in [4.69, 9.17) is 0 Å². The maximum Gasteiger partial charge on any atom is 0.0521 e. The molecule has 1 aromatic rings. The average molecular weight is 291 g/mol. The Kier molecular flexibility index (Phi) is 5.48. The van der Waals surface area contributed by atoms with E-state index in [-0.39, 0.29) is 0 Å². The van der Waals surface area contributed by atoms with Crippen LogP contribution in [-0.2, 0) is 13.0 Å². The van der Waals surface area contributed by atoms with Gasteiger partial charge in [-0.3, -0.25) is 4.68 Å². The predicted molar refractivity (Wildman–Crippen MR) is 89.4 cm³/mol. The molecule has 1 saturated carbocycles. The van der Waals surface area contributed by atoms with Crippen LogP contribution in [0.2, 0.25) is 0 Å². The van der Waals surface area contributed by atoms with Crippen molar-refractivity contribution in [3.05, 3.63) is 18.0 Å². The maximum atomic E-state index is 4.43. The van der Waals surface area contributed by atoms with Gasteiger partial charge in [0.1, 0.15) is 0 Å². The Balaban J connectivity index is 2.08. The van der Waals surface area contributed by atoms with Crippen LogP contribution in [0.15, 0.2) is 12.4 Å². The SMILES string of the molecule is CCNC1CC(C)CCC1C(C)(C)Cc1cnn(CC)c1. The molecule has 1 fully saturated rings. The van der Waals surface area contributed by atoms with Crippen LogP contribution in [0.5, 0.6) is 0 Å². The van der Waals surface area contributed by atoms with E-state index in [0.29, 0.717) is 11.5 Å². The zero-order chi connectivity index (χ0) is 15.5. The molecule has 21 heavy (non-hydrogen) atoms. The average Bonchev–Trinajstić information content (AvgIpc) is 2.86. The van der Waals surface area contributed by atoms with Crippen molar-refractivity contribution < 1.29 is 0 Å². The number of nitrogens with one attached hydrogen (secondary N) is 1. The molecule has 3 nitrogen and oxygen atoms in total. The van der Waals surface area contributed by atoms with Gasteiger partial charge in [-0.2, -0.15) is 5.10 Å². The summed E-state index contributed by atoms with van der Waals surface area (Å²) >= 11 is 0. The molecule has 0 radical (unpaired) electrons. The molecular formula is C18H33N3. The summed E-state index contributed by atoms with van der Waals surface area (Å²) in [6.07, 6.45) is 9.47. The van der Waals surface area contributed by atoms with Crippen molar-refractivity contribution in [3.8, 4) is 0 Å². The fourth-order valence-corrected chi connectivity index (χ4v) is 4.13. The van der Waals surface area contributed by atoms with E-state index in [2.05, 4.69) is 57.4 Å². The van der Waals surface area contributed by atoms with E-state index in [1.165, 1.54) is 24.8 Å². The molecule has 0 bridgehead atoms. The summed E-state index contributed by atoms with van der Waals surface area (Å²) in [6.45, 7) is 13.7. The summed E-state index contributed by atoms with van der Waals surface area (Å²) in [4.78, 5) is 0. The van der Waals surface area contributed by atoms with Crippen molar-refractivity contribution in [2.24, 2.45) is 17.3 Å². The topological polar surface area (TPSA) is 29.9 Å². The summed E-state index contributed by atoms with van der Waals surface area (Å²) in [5.41, 5.74) is 1.71. The maximum absolute atomic E-state index is 4.43. The molecule has 1 aliphatic rings. The van der Waals surface area contributed by atoms with Crippen molar-refractivity contribution in [3.63, 3.8) is 0 Å². The first kappa shape index (κ1) is 16.5. The highest BCUT2D eigenvalue weighted by Gasteiger charge is 2.38. The number of rotatable bonds is 6. The third-order valence-electron chi connectivity index (χ3n) is 5.25. The van der Waals surface area contributed by atoms with E-state index in [0.717, 1.165) is 31.3 Å². The molecule has 0 spiro atoms. The van der Waals surface area contributed by atoms with Crippen LogP contribution < -0.4 is 5.32 Å². The van der Waals surface area contributed by atoms with E-state index in [9.17, 15) is 0 Å². The zero-order valence-electron chi connectivity index (χ0n) is 14.5. The Bertz CT molecular complexity index is 435. The molecule has 0 aromatic carbocycles. The summed E-state index contributed by atoms with van der Waals surface area (Å²) in [5.74, 6) is 1.63. The standard InChI is InChI=1S/C18H33N3/c1-6-19-17-10-14(3)8-9-16(17)18(4,5)11-15-12-20-21(7-2)13-15/h12-14,16-17,19H,6-11H2,1-5H3. The molecule has 1 aromatic heterocycles. The van der Waals surface area contributed by atoms with E-state index in [1.807, 2.05) is 4.68 Å². The van der Waals surface area contributed by atoms with E-state index >= 15 is 0 Å². The van der Waals surface area contributed by atoms with Crippen LogP contribution in [0.4, 0.5) is 0 Å². The number of hydrogen-bond acceptors (Lipinski definition) is 2. The van der Waals surface area contributed by atoms with Crippen LogP contribution in [0.1, 0.15) is 59.4 Å². The van der Waals surface area contributed by atoms with Crippen molar-refractivity contribution in [1.82, 2.24) is 15.1 Å². The summed E-state index contributed by atoms with van der Waals surface area (Å²) in [6, 6.07) is 0.676. The van der Waals surface area contributed by atoms with Gasteiger partial charge in [-0.05, 0) is 55.5 Å². The Hall–Kier alpha value is -0.830. The molecule has 2 rings (SSSR count). The first-order valence-electron chi connectivity index (χ1n) is 8.71. The number of nitrogens with zero attached hydrogens (tertiary/aromatic N) is 2. The number of aryl methyl sites for hydroxylation is 1. The number of aromatic nitrogens is 2. The minimum absolute atomic E-state index is 0.328. The highest BCUT2D eigenvalue weighted by atomic mass is 15.3. The molecule has 1 aliphatic carbocycles. The van der Waals surface area contributed by atoms with E-state index < -0.39 is 0 Å². The van der Waals surface area contributed by atoms with Gasteiger partial charge in [0.25, 0.3) is 0 Å². The Morgan fingerprint density at radius 2 is 2.10 bits per heavy atom. The normalized spacial score (nSPS) is 27.0. The molecule has 0 amide bonds. The second kappa shape index (κ2) is 6.95. The minimum atomic E-state index is 0.328. The quantitative estimate of drug-likeness (QED) is 0.862. The minimum Gasteiger partial charge on any atom is -0.314 e. The third kappa shape index (κ3) is 4.09. The summed E-state index contributed by atoms with van der Waals surface area (Å²) in [7, 11) is 0. The fourth-order valence-electron chi connectivity index (χ4n) is 4.13. The predicted octanol–water partition coefficient (Wildman–Crippen LogP) is 3.89. The number of hydrogen-bond donors (Lipinski definition) is 1. The van der Waals surface area contributed by atoms with Gasteiger partial charge in [0, 0.05) is 18.8 Å². The van der Waals surface area contributed by atoms with Crippen molar-refractivity contribution in [1.29, 1.82) is 0 Å². The van der Waals surface area contributed by atoms with Crippen LogP contribution >= 0.6 is 0 Å². The zero-order valence-corrected chi connectivity index (χ0v) is 14.5. The van der Waals surface area contributed by atoms with Gasteiger partial charge in [0.15, 0.2) is 0 Å². The molecule has 0 saturated heterocycles. The lowest BCUT2D eigenvalue weighted by Crippen LogP contribution is -2.47. The Morgan fingerprint density at radius 1 is 1.33 bits per heavy atom. The van der Waals surface area contributed by atoms with Crippen molar-refractivity contribution in [2.45, 2.75) is 72.9 Å². The summed E-state index contributed by atoms with van der Waals surface area (Å²) < 4.78 is 2.04. The highest BCUT2D eigenvalue weighted by molar-refractivity contribution is 5.08. The van der Waals surface area contributed by atoms with Gasteiger partial charge in [0.05, 0.1) is 6.20 Å². The molecular weight excluding hydrogens is 258 g/mol. The van der Waals surface area contributed by atoms with Gasteiger partial charge in [-0.15, -0.1) is 0 Å². The monoisotopic (exact) mass is 291 g/mol. The smallest absolute Gasteiger partial charge is 0.0521 e. The molecule has 0 aliphatic heterocycles. The van der Waals surface area contributed by atoms with Crippen LogP contribution in [-0.4, -0.2) is 22.4 Å². The van der Waals surface area contributed by atoms with Crippen molar-refractivity contribution in [2.75, 3.05) is 6.54 Å². The largest absolute Gasteiger partial charge is 0.314 e. The van der Waals surface area contributed by atoms with Crippen molar-refractivity contribution >= 4 is 0 Å². The molecule has 3 heteroatoms. The van der Waals surface area contributed by atoms with Gasteiger partial charge in [-0.1, -0.05) is 34.1 Å². The Labute approximate surface area is 130 Å². The first-order valence-corrected chi connectivity index (χ1v) is 8.71. The Morgan fingerprint density at radius 3 is 2.71 bits per heavy atom. The third-order valence-corrected chi connectivity index (χ3v) is 5.25. The molecule has 3 atom stereocenters. The second-order valence-corrected chi connectivity index (χ2v) is 7.56. The molecule has 1 N–H and O–H groups in total. The molecule has 3 unspecified atom stereocenters. The van der Waals surface area contributed by atoms with Gasteiger partial charge >= 0.3 is 0 Å². The van der Waals surface area contributed by atoms with Crippen LogP contribution in [0, 0.1) is 17.3 Å². The van der Waals surface area contributed by atoms with Gasteiger partial charge in [-0.25, -0.2) is 0 Å². The lowest BCUT2D eigenvalue weighted by atomic mass is 9.64. The van der Waals surface area contributed by atoms with E-state index in [1.54, 1.807) is 0 Å². The van der Waals surface area contributed by atoms with Gasteiger partial charge in [0.2, 0.25) is 0 Å². The lowest BCUT2D eigenvalue weighted by Gasteiger charge is -2.44. The molecule has 120 valence electrons. The summed E-state index contributed by atoms with van der Waals surface area (Å²) in [5, 5.41) is 8.18. The molecule has 1 heterocycles. The highest BCUT2D eigenvalue weighted by Crippen LogP contribution is 2.42. The van der Waals surface area contributed by atoms with Gasteiger partial charge < -0.3 is 5.32 Å². The first-order chi connectivity index (χ1) is 9.96. The lowest BCUT2D eigenvalue weighted by molar-refractivity contribution is 0.0949.